The number of carbonyl (C=O) groups is 1. The molecule has 5 aromatic rings. The zero-order valence-corrected chi connectivity index (χ0v) is 24.5. The summed E-state index contributed by atoms with van der Waals surface area (Å²) in [6.07, 6.45) is 3.47. The van der Waals surface area contributed by atoms with E-state index in [1.165, 1.54) is 16.9 Å². The Hall–Kier alpha value is -4.95. The maximum atomic E-state index is 14.1. The largest absolute Gasteiger partial charge is 0.497 e. The number of benzene rings is 3. The standard InChI is InChI=1S/C35H28N2O5S/c1-3-41-34(39)24-11-6-9-22(18-24)29-17-15-26(42-29)20-30-33(38)37-32(23-10-7-12-25(19-23)40-2)28-16-14-21-8-4-5-13-27(21)31(28)36-35(37)43-30/h4-13,15,17-20,32H,3,14,16H2,1-2H3/b30-20+/t32-/m0/s1. The van der Waals surface area contributed by atoms with Gasteiger partial charge in [0, 0.05) is 17.2 Å². The van der Waals surface area contributed by atoms with Crippen LogP contribution in [0.3, 0.4) is 0 Å². The number of thiazole rings is 1. The van der Waals surface area contributed by atoms with Crippen molar-refractivity contribution < 1.29 is 18.7 Å². The molecule has 43 heavy (non-hydrogen) atoms. The summed E-state index contributed by atoms with van der Waals surface area (Å²) < 4.78 is 19.1. The van der Waals surface area contributed by atoms with Gasteiger partial charge in [0.2, 0.25) is 0 Å². The second-order valence-corrected chi connectivity index (χ2v) is 11.4. The Balaban J connectivity index is 1.34. The van der Waals surface area contributed by atoms with Crippen molar-refractivity contribution in [2.45, 2.75) is 25.8 Å². The molecule has 1 atom stereocenters. The highest BCUT2D eigenvalue weighted by Gasteiger charge is 2.32. The van der Waals surface area contributed by atoms with E-state index in [1.807, 2.05) is 53.1 Å². The van der Waals surface area contributed by atoms with Crippen LogP contribution in [0.15, 0.2) is 105 Å². The maximum absolute atomic E-state index is 14.1. The molecule has 2 aliphatic rings. The fourth-order valence-electron chi connectivity index (χ4n) is 5.86. The summed E-state index contributed by atoms with van der Waals surface area (Å²) in [6.45, 7) is 2.08. The first-order chi connectivity index (χ1) is 21.0. The number of fused-ring (bicyclic) bond motifs is 3. The molecule has 8 heteroatoms. The van der Waals surface area contributed by atoms with Gasteiger partial charge in [0.1, 0.15) is 17.3 Å². The van der Waals surface area contributed by atoms with Crippen molar-refractivity contribution in [2.24, 2.45) is 4.99 Å². The average molecular weight is 589 g/mol. The minimum atomic E-state index is -0.381. The molecule has 0 fully saturated rings. The Morgan fingerprint density at radius 1 is 1.05 bits per heavy atom. The summed E-state index contributed by atoms with van der Waals surface area (Å²) in [4.78, 5) is 32.0. The van der Waals surface area contributed by atoms with E-state index in [0.717, 1.165) is 46.6 Å². The van der Waals surface area contributed by atoms with Crippen LogP contribution in [0.1, 0.15) is 52.2 Å². The van der Waals surface area contributed by atoms with Gasteiger partial charge in [-0.05, 0) is 72.9 Å². The summed E-state index contributed by atoms with van der Waals surface area (Å²) in [6, 6.07) is 26.8. The third-order valence-electron chi connectivity index (χ3n) is 7.84. The molecule has 214 valence electrons. The number of nitrogens with zero attached hydrogens (tertiary/aromatic N) is 2. The Labute approximate surface area is 251 Å². The van der Waals surface area contributed by atoms with E-state index in [4.69, 9.17) is 18.9 Å². The lowest BCUT2D eigenvalue weighted by Gasteiger charge is -2.31. The van der Waals surface area contributed by atoms with Crippen molar-refractivity contribution in [3.63, 3.8) is 0 Å². The monoisotopic (exact) mass is 588 g/mol. The number of furan rings is 1. The van der Waals surface area contributed by atoms with E-state index < -0.39 is 0 Å². The Kier molecular flexibility index (Phi) is 6.91. The topological polar surface area (TPSA) is 83.0 Å². The number of allylic oxidation sites excluding steroid dienone is 1. The van der Waals surface area contributed by atoms with E-state index >= 15 is 0 Å². The van der Waals surface area contributed by atoms with Crippen LogP contribution in [-0.2, 0) is 11.2 Å². The molecule has 0 N–H and O–H groups in total. The van der Waals surface area contributed by atoms with Gasteiger partial charge in [-0.3, -0.25) is 9.36 Å². The minimum absolute atomic E-state index is 0.121. The second kappa shape index (κ2) is 11.0. The molecule has 1 aliphatic carbocycles. The molecule has 3 aromatic carbocycles. The van der Waals surface area contributed by atoms with Crippen molar-refractivity contribution >= 4 is 29.1 Å². The lowest BCUT2D eigenvalue weighted by atomic mass is 9.83. The normalized spacial score (nSPS) is 15.8. The number of methoxy groups -OCH3 is 1. The van der Waals surface area contributed by atoms with Crippen LogP contribution in [0, 0.1) is 0 Å². The number of carbonyl (C=O) groups excluding carboxylic acids is 1. The summed E-state index contributed by atoms with van der Waals surface area (Å²) in [5, 5.41) is 0. The third kappa shape index (κ3) is 4.83. The summed E-state index contributed by atoms with van der Waals surface area (Å²) >= 11 is 1.35. The molecule has 0 bridgehead atoms. The van der Waals surface area contributed by atoms with Gasteiger partial charge in [0.15, 0.2) is 4.80 Å². The van der Waals surface area contributed by atoms with Crippen molar-refractivity contribution in [1.82, 2.24) is 4.57 Å². The smallest absolute Gasteiger partial charge is 0.338 e. The van der Waals surface area contributed by atoms with Crippen molar-refractivity contribution in [3.8, 4) is 17.1 Å². The number of hydrogen-bond donors (Lipinski definition) is 0. The lowest BCUT2D eigenvalue weighted by molar-refractivity contribution is 0.0526. The molecule has 0 radical (unpaired) electrons. The predicted molar refractivity (Wildman–Crippen MR) is 166 cm³/mol. The van der Waals surface area contributed by atoms with Crippen LogP contribution >= 0.6 is 11.3 Å². The molecule has 3 heterocycles. The fourth-order valence-corrected chi connectivity index (χ4v) is 6.84. The van der Waals surface area contributed by atoms with Crippen molar-refractivity contribution in [3.05, 3.63) is 138 Å². The predicted octanol–water partition coefficient (Wildman–Crippen LogP) is 5.76. The first-order valence-corrected chi connectivity index (χ1v) is 15.0. The number of aryl methyl sites for hydroxylation is 1. The Morgan fingerprint density at radius 2 is 1.91 bits per heavy atom. The quantitative estimate of drug-likeness (QED) is 0.236. The molecule has 7 rings (SSSR count). The summed E-state index contributed by atoms with van der Waals surface area (Å²) in [7, 11) is 1.65. The SMILES string of the molecule is CCOC(=O)c1cccc(-c2ccc(/C=c3/sc4n(c3=O)[C@@H](c3cccc(OC)c3)C3=C(N=4)c4ccccc4CC3)o2)c1. The van der Waals surface area contributed by atoms with Gasteiger partial charge in [0.05, 0.1) is 35.6 Å². The highest BCUT2D eigenvalue weighted by Crippen LogP contribution is 2.41. The number of esters is 1. The Morgan fingerprint density at radius 3 is 2.77 bits per heavy atom. The maximum Gasteiger partial charge on any atom is 0.338 e. The van der Waals surface area contributed by atoms with Crippen molar-refractivity contribution in [2.75, 3.05) is 13.7 Å². The van der Waals surface area contributed by atoms with Gasteiger partial charge in [-0.25, -0.2) is 9.79 Å². The molecule has 0 saturated carbocycles. The van der Waals surface area contributed by atoms with Crippen LogP contribution in [0.25, 0.3) is 23.1 Å². The van der Waals surface area contributed by atoms with E-state index in [-0.39, 0.29) is 17.6 Å². The first-order valence-electron chi connectivity index (χ1n) is 14.2. The molecular formula is C35H28N2O5S. The highest BCUT2D eigenvalue weighted by atomic mass is 32.1. The molecule has 0 unspecified atom stereocenters. The lowest BCUT2D eigenvalue weighted by Crippen LogP contribution is -2.38. The molecule has 2 aromatic heterocycles. The number of aromatic nitrogens is 1. The molecular weight excluding hydrogens is 560 g/mol. The molecule has 1 aliphatic heterocycles. The molecule has 7 nitrogen and oxygen atoms in total. The number of ether oxygens (including phenoxy) is 2. The molecule has 0 saturated heterocycles. The zero-order chi connectivity index (χ0) is 29.5. The van der Waals surface area contributed by atoms with Gasteiger partial charge >= 0.3 is 5.97 Å². The highest BCUT2D eigenvalue weighted by molar-refractivity contribution is 7.07. The van der Waals surface area contributed by atoms with Crippen LogP contribution < -0.4 is 19.6 Å². The van der Waals surface area contributed by atoms with E-state index in [0.29, 0.717) is 33.0 Å². The minimum Gasteiger partial charge on any atom is -0.497 e. The Bertz CT molecular complexity index is 2100. The number of rotatable bonds is 6. The fraction of sp³-hybridized carbons (Fsp3) is 0.171. The molecule has 0 spiro atoms. The van der Waals surface area contributed by atoms with Crippen LogP contribution in [0.2, 0.25) is 0 Å². The summed E-state index contributed by atoms with van der Waals surface area (Å²) in [5.41, 5.74) is 6.53. The van der Waals surface area contributed by atoms with Crippen LogP contribution in [-0.4, -0.2) is 24.3 Å². The molecule has 0 amide bonds. The van der Waals surface area contributed by atoms with E-state index in [1.54, 1.807) is 38.3 Å². The van der Waals surface area contributed by atoms with Gasteiger partial charge in [-0.2, -0.15) is 0 Å². The van der Waals surface area contributed by atoms with Gasteiger partial charge in [-0.15, -0.1) is 0 Å². The van der Waals surface area contributed by atoms with Gasteiger partial charge in [0.25, 0.3) is 5.56 Å². The zero-order valence-electron chi connectivity index (χ0n) is 23.7. The van der Waals surface area contributed by atoms with Crippen LogP contribution in [0.4, 0.5) is 0 Å². The first kappa shape index (κ1) is 26.9. The number of hydrogen-bond acceptors (Lipinski definition) is 7. The second-order valence-electron chi connectivity index (χ2n) is 10.4. The van der Waals surface area contributed by atoms with E-state index in [2.05, 4.69) is 18.2 Å². The summed E-state index contributed by atoms with van der Waals surface area (Å²) in [5.74, 6) is 1.48. The average Bonchev–Trinajstić information content (AvgIpc) is 3.64. The van der Waals surface area contributed by atoms with E-state index in [9.17, 15) is 9.59 Å². The van der Waals surface area contributed by atoms with Gasteiger partial charge < -0.3 is 13.9 Å². The van der Waals surface area contributed by atoms with Gasteiger partial charge in [-0.1, -0.05) is 59.9 Å². The van der Waals surface area contributed by atoms with Crippen molar-refractivity contribution in [1.29, 1.82) is 0 Å². The third-order valence-corrected chi connectivity index (χ3v) is 8.82. The van der Waals surface area contributed by atoms with Crippen LogP contribution in [0.5, 0.6) is 5.75 Å².